The number of hydrogen-bond donors (Lipinski definition) is 0. The zero-order chi connectivity index (χ0) is 22.5. The molecule has 0 radical (unpaired) electrons. The quantitative estimate of drug-likeness (QED) is 0.428. The van der Waals surface area contributed by atoms with E-state index in [1.165, 1.54) is 5.56 Å². The zero-order valence-corrected chi connectivity index (χ0v) is 19.7. The van der Waals surface area contributed by atoms with Gasteiger partial charge in [0.05, 0.1) is 36.1 Å². The van der Waals surface area contributed by atoms with Gasteiger partial charge < -0.3 is 14.2 Å². The van der Waals surface area contributed by atoms with Gasteiger partial charge in [0.2, 0.25) is 0 Å². The molecule has 7 heteroatoms. The molecule has 32 heavy (non-hydrogen) atoms. The van der Waals surface area contributed by atoms with Crippen LogP contribution in [0.4, 0.5) is 5.13 Å². The summed E-state index contributed by atoms with van der Waals surface area (Å²) in [6.07, 6.45) is 2.88. The Labute approximate surface area is 193 Å². The Morgan fingerprint density at radius 1 is 1.16 bits per heavy atom. The Kier molecular flexibility index (Phi) is 7.27. The number of benzene rings is 2. The summed E-state index contributed by atoms with van der Waals surface area (Å²) >= 11 is 1.55. The van der Waals surface area contributed by atoms with E-state index in [-0.39, 0.29) is 12.0 Å². The van der Waals surface area contributed by atoms with E-state index in [2.05, 4.69) is 25.1 Å². The van der Waals surface area contributed by atoms with Crippen molar-refractivity contribution in [1.29, 1.82) is 0 Å². The molecular weight excluding hydrogens is 424 g/mol. The van der Waals surface area contributed by atoms with Gasteiger partial charge in [-0.05, 0) is 62.9 Å². The Hall–Kier alpha value is -2.64. The number of ether oxygens (including phenoxy) is 3. The molecule has 4 rings (SSSR count). The number of aromatic nitrogens is 1. The normalized spacial score (nSPS) is 15.8. The molecule has 1 saturated heterocycles. The Bertz CT molecular complexity index is 1070. The number of carbonyl (C=O) groups excluding carboxylic acids is 1. The monoisotopic (exact) mass is 454 g/mol. The molecule has 0 N–H and O–H groups in total. The molecule has 1 aliphatic heterocycles. The summed E-state index contributed by atoms with van der Waals surface area (Å²) in [7, 11) is 0. The number of amides is 1. The van der Waals surface area contributed by atoms with Gasteiger partial charge in [0.1, 0.15) is 0 Å². The third-order valence-corrected chi connectivity index (χ3v) is 6.59. The van der Waals surface area contributed by atoms with Gasteiger partial charge in [-0.3, -0.25) is 9.69 Å². The maximum Gasteiger partial charge on any atom is 0.260 e. The summed E-state index contributed by atoms with van der Waals surface area (Å²) in [4.78, 5) is 20.4. The van der Waals surface area contributed by atoms with Crippen LogP contribution in [0.1, 0.15) is 49.5 Å². The number of anilines is 1. The highest BCUT2D eigenvalue weighted by atomic mass is 32.1. The molecule has 0 bridgehead atoms. The number of carbonyl (C=O) groups is 1. The maximum atomic E-state index is 13.7. The van der Waals surface area contributed by atoms with Crippen LogP contribution < -0.4 is 14.4 Å². The van der Waals surface area contributed by atoms with E-state index in [1.54, 1.807) is 34.4 Å². The molecule has 1 amide bonds. The number of para-hydroxylation sites is 1. The van der Waals surface area contributed by atoms with Crippen molar-refractivity contribution in [2.45, 2.75) is 46.1 Å². The van der Waals surface area contributed by atoms with Crippen LogP contribution in [-0.2, 0) is 11.2 Å². The summed E-state index contributed by atoms with van der Waals surface area (Å²) in [6, 6.07) is 11.6. The zero-order valence-electron chi connectivity index (χ0n) is 18.9. The smallest absolute Gasteiger partial charge is 0.260 e. The molecule has 1 aliphatic rings. The van der Waals surface area contributed by atoms with Crippen LogP contribution >= 0.6 is 11.3 Å². The van der Waals surface area contributed by atoms with Crippen molar-refractivity contribution in [2.75, 3.05) is 31.3 Å². The Morgan fingerprint density at radius 2 is 1.97 bits per heavy atom. The molecule has 1 aromatic heterocycles. The van der Waals surface area contributed by atoms with Gasteiger partial charge in [-0.25, -0.2) is 4.98 Å². The van der Waals surface area contributed by atoms with Gasteiger partial charge in [-0.1, -0.05) is 30.4 Å². The lowest BCUT2D eigenvalue weighted by Crippen LogP contribution is -2.37. The van der Waals surface area contributed by atoms with Crippen LogP contribution in [0.3, 0.4) is 0 Å². The van der Waals surface area contributed by atoms with E-state index in [0.717, 1.165) is 36.1 Å². The second-order valence-corrected chi connectivity index (χ2v) is 8.70. The minimum absolute atomic E-state index is 0.0191. The molecule has 170 valence electrons. The van der Waals surface area contributed by atoms with Crippen molar-refractivity contribution >= 4 is 32.6 Å². The van der Waals surface area contributed by atoms with Crippen LogP contribution in [0.25, 0.3) is 10.2 Å². The van der Waals surface area contributed by atoms with E-state index < -0.39 is 0 Å². The van der Waals surface area contributed by atoms with Gasteiger partial charge in [0.25, 0.3) is 5.91 Å². The van der Waals surface area contributed by atoms with Crippen molar-refractivity contribution in [1.82, 2.24) is 4.98 Å². The number of rotatable bonds is 9. The third kappa shape index (κ3) is 4.74. The maximum absolute atomic E-state index is 13.7. The van der Waals surface area contributed by atoms with E-state index in [4.69, 9.17) is 19.2 Å². The van der Waals surface area contributed by atoms with Gasteiger partial charge in [-0.2, -0.15) is 0 Å². The van der Waals surface area contributed by atoms with Gasteiger partial charge in [0, 0.05) is 12.2 Å². The van der Waals surface area contributed by atoms with E-state index in [0.29, 0.717) is 42.0 Å². The molecule has 1 unspecified atom stereocenters. The van der Waals surface area contributed by atoms with Crippen LogP contribution in [0.5, 0.6) is 11.5 Å². The average molecular weight is 455 g/mol. The largest absolute Gasteiger partial charge is 0.490 e. The van der Waals surface area contributed by atoms with Crippen LogP contribution in [0, 0.1) is 0 Å². The lowest BCUT2D eigenvalue weighted by atomic mass is 10.1. The molecule has 6 nitrogen and oxygen atoms in total. The lowest BCUT2D eigenvalue weighted by molar-refractivity contribution is 0.0917. The fraction of sp³-hybridized carbons (Fsp3) is 0.440. The fourth-order valence-corrected chi connectivity index (χ4v) is 5.00. The van der Waals surface area contributed by atoms with Crippen molar-refractivity contribution in [2.24, 2.45) is 0 Å². The highest BCUT2D eigenvalue weighted by Crippen LogP contribution is 2.34. The standard InChI is InChI=1S/C25H30N2O4S/c1-4-17-9-7-11-22-23(17)26-25(32-22)27(16-19-10-8-14-31-19)24(28)18-12-13-20(29-5-2)21(15-18)30-6-3/h7,9,11-13,15,19H,4-6,8,10,14,16H2,1-3H3. The first-order valence-electron chi connectivity index (χ1n) is 11.4. The first-order valence-corrected chi connectivity index (χ1v) is 12.2. The molecule has 1 atom stereocenters. The Balaban J connectivity index is 1.72. The predicted molar refractivity (Wildman–Crippen MR) is 128 cm³/mol. The highest BCUT2D eigenvalue weighted by Gasteiger charge is 2.28. The number of hydrogen-bond acceptors (Lipinski definition) is 6. The second-order valence-electron chi connectivity index (χ2n) is 7.69. The topological polar surface area (TPSA) is 60.9 Å². The predicted octanol–water partition coefficient (Wildman–Crippen LogP) is 5.48. The number of fused-ring (bicyclic) bond motifs is 1. The summed E-state index contributed by atoms with van der Waals surface area (Å²) in [5.41, 5.74) is 2.71. The minimum Gasteiger partial charge on any atom is -0.490 e. The van der Waals surface area contributed by atoms with Gasteiger partial charge in [-0.15, -0.1) is 0 Å². The van der Waals surface area contributed by atoms with Gasteiger partial charge >= 0.3 is 0 Å². The second kappa shape index (κ2) is 10.3. The minimum atomic E-state index is -0.110. The fourth-order valence-electron chi connectivity index (χ4n) is 3.97. The highest BCUT2D eigenvalue weighted by molar-refractivity contribution is 7.22. The molecule has 3 aromatic rings. The van der Waals surface area contributed by atoms with Crippen molar-refractivity contribution in [3.8, 4) is 11.5 Å². The van der Waals surface area contributed by atoms with Crippen LogP contribution in [-0.4, -0.2) is 43.4 Å². The van der Waals surface area contributed by atoms with Crippen molar-refractivity contribution in [3.05, 3.63) is 47.5 Å². The summed E-state index contributed by atoms with van der Waals surface area (Å²) < 4.78 is 18.4. The van der Waals surface area contributed by atoms with Crippen LogP contribution in [0.15, 0.2) is 36.4 Å². The number of nitrogens with zero attached hydrogens (tertiary/aromatic N) is 2. The summed E-state index contributed by atoms with van der Waals surface area (Å²) in [6.45, 7) is 8.22. The third-order valence-electron chi connectivity index (χ3n) is 5.55. The molecule has 0 saturated carbocycles. The molecule has 2 heterocycles. The molecule has 1 fully saturated rings. The first kappa shape index (κ1) is 22.6. The van der Waals surface area contributed by atoms with Crippen molar-refractivity contribution in [3.63, 3.8) is 0 Å². The molecular formula is C25H30N2O4S. The van der Waals surface area contributed by atoms with E-state index >= 15 is 0 Å². The average Bonchev–Trinajstić information content (AvgIpc) is 3.48. The lowest BCUT2D eigenvalue weighted by Gasteiger charge is -2.23. The molecule has 0 aliphatic carbocycles. The van der Waals surface area contributed by atoms with Crippen LogP contribution in [0.2, 0.25) is 0 Å². The van der Waals surface area contributed by atoms with E-state index in [1.807, 2.05) is 13.8 Å². The Morgan fingerprint density at radius 3 is 2.69 bits per heavy atom. The van der Waals surface area contributed by atoms with Gasteiger partial charge in [0.15, 0.2) is 16.6 Å². The van der Waals surface area contributed by atoms with E-state index in [9.17, 15) is 4.79 Å². The summed E-state index contributed by atoms with van der Waals surface area (Å²) in [5, 5.41) is 0.702. The number of thiazole rings is 1. The number of aryl methyl sites for hydroxylation is 1. The first-order chi connectivity index (χ1) is 15.6. The SMILES string of the molecule is CCOc1ccc(C(=O)N(CC2CCCO2)c2nc3c(CC)cccc3s2)cc1OCC. The molecule has 2 aromatic carbocycles. The summed E-state index contributed by atoms with van der Waals surface area (Å²) in [5.74, 6) is 1.11. The van der Waals surface area contributed by atoms with Crippen molar-refractivity contribution < 1.29 is 19.0 Å². The molecule has 0 spiro atoms.